The van der Waals surface area contributed by atoms with E-state index in [1.54, 1.807) is 36.4 Å². The number of anilines is 1. The third-order valence-corrected chi connectivity index (χ3v) is 6.41. The van der Waals surface area contributed by atoms with E-state index in [2.05, 4.69) is 4.72 Å². The number of nitrogens with one attached hydrogen (secondary N) is 2. The van der Waals surface area contributed by atoms with Crippen LogP contribution in [-0.2, 0) is 24.8 Å². The topological polar surface area (TPSA) is 135 Å². The molecule has 1 amide bonds. The number of carbonyl (C=O) groups excluding carboxylic acids is 1. The number of benzene rings is 2. The van der Waals surface area contributed by atoms with Crippen molar-refractivity contribution in [2.24, 2.45) is 0 Å². The Labute approximate surface area is 179 Å². The molecule has 0 spiro atoms. The van der Waals surface area contributed by atoms with Gasteiger partial charge >= 0.3 is 0 Å². The SMILES string of the molecule is CS(=O)(=O)Nc1cccc(-c2ccc(S(=O)(=O)n3ccc(C=CC(=O)NO)c3)cc2)c1. The van der Waals surface area contributed by atoms with Crippen molar-refractivity contribution >= 4 is 37.7 Å². The van der Waals surface area contributed by atoms with Crippen molar-refractivity contribution in [2.45, 2.75) is 4.90 Å². The van der Waals surface area contributed by atoms with Crippen LogP contribution in [0, 0.1) is 0 Å². The molecule has 1 aromatic heterocycles. The molecular weight excluding hydrogens is 442 g/mol. The zero-order valence-corrected chi connectivity index (χ0v) is 17.9. The molecule has 9 nitrogen and oxygen atoms in total. The minimum atomic E-state index is -3.85. The molecular formula is C20H19N3O6S2. The molecule has 11 heteroatoms. The summed E-state index contributed by atoms with van der Waals surface area (Å²) in [6.07, 6.45) is 6.17. The maximum atomic E-state index is 12.8. The first-order valence-electron chi connectivity index (χ1n) is 8.82. The van der Waals surface area contributed by atoms with E-state index in [4.69, 9.17) is 5.21 Å². The van der Waals surface area contributed by atoms with E-state index in [0.717, 1.165) is 16.3 Å². The number of carbonyl (C=O) groups is 1. The maximum Gasteiger partial charge on any atom is 0.267 e. The van der Waals surface area contributed by atoms with Gasteiger partial charge in [-0.2, -0.15) is 0 Å². The van der Waals surface area contributed by atoms with E-state index in [-0.39, 0.29) is 4.90 Å². The van der Waals surface area contributed by atoms with E-state index >= 15 is 0 Å². The largest absolute Gasteiger partial charge is 0.288 e. The zero-order valence-electron chi connectivity index (χ0n) is 16.3. The Kier molecular flexibility index (Phi) is 6.29. The van der Waals surface area contributed by atoms with Crippen LogP contribution in [0.15, 0.2) is 78.0 Å². The predicted octanol–water partition coefficient (Wildman–Crippen LogP) is 2.28. The van der Waals surface area contributed by atoms with Crippen molar-refractivity contribution in [3.63, 3.8) is 0 Å². The fraction of sp³-hybridized carbons (Fsp3) is 0.0500. The van der Waals surface area contributed by atoms with Crippen LogP contribution in [0.4, 0.5) is 5.69 Å². The van der Waals surface area contributed by atoms with E-state index in [0.29, 0.717) is 22.4 Å². The Hall–Kier alpha value is -3.41. The number of nitrogens with zero attached hydrogens (tertiary/aromatic N) is 1. The van der Waals surface area contributed by atoms with Gasteiger partial charge in [-0.15, -0.1) is 0 Å². The van der Waals surface area contributed by atoms with Crippen molar-refractivity contribution in [1.29, 1.82) is 0 Å². The number of hydrogen-bond acceptors (Lipinski definition) is 6. The molecule has 0 saturated heterocycles. The highest BCUT2D eigenvalue weighted by Crippen LogP contribution is 2.25. The third kappa shape index (κ3) is 5.60. The molecule has 1 heterocycles. The number of rotatable bonds is 7. The fourth-order valence-electron chi connectivity index (χ4n) is 2.77. The second-order valence-corrected chi connectivity index (χ2v) is 10.2. The summed E-state index contributed by atoms with van der Waals surface area (Å²) >= 11 is 0. The first-order valence-corrected chi connectivity index (χ1v) is 12.2. The molecule has 31 heavy (non-hydrogen) atoms. The summed E-state index contributed by atoms with van der Waals surface area (Å²) in [5.74, 6) is -0.734. The maximum absolute atomic E-state index is 12.8. The third-order valence-electron chi connectivity index (χ3n) is 4.16. The van der Waals surface area contributed by atoms with Gasteiger partial charge in [-0.1, -0.05) is 24.3 Å². The molecule has 162 valence electrons. The second-order valence-electron chi connectivity index (χ2n) is 6.57. The van der Waals surface area contributed by atoms with Crippen molar-refractivity contribution in [1.82, 2.24) is 9.45 Å². The van der Waals surface area contributed by atoms with Crippen LogP contribution in [0.2, 0.25) is 0 Å². The van der Waals surface area contributed by atoms with Gasteiger partial charge in [0, 0.05) is 24.2 Å². The minimum Gasteiger partial charge on any atom is -0.288 e. The van der Waals surface area contributed by atoms with Crippen molar-refractivity contribution in [3.05, 3.63) is 78.6 Å². The van der Waals surface area contributed by atoms with Crippen LogP contribution < -0.4 is 10.2 Å². The van der Waals surface area contributed by atoms with Crippen LogP contribution in [0.5, 0.6) is 0 Å². The van der Waals surface area contributed by atoms with Crippen LogP contribution in [-0.4, -0.2) is 38.2 Å². The van der Waals surface area contributed by atoms with Gasteiger partial charge < -0.3 is 0 Å². The van der Waals surface area contributed by atoms with Gasteiger partial charge in [-0.05, 0) is 53.1 Å². The summed E-state index contributed by atoms with van der Waals surface area (Å²) < 4.78 is 51.9. The van der Waals surface area contributed by atoms with Gasteiger partial charge in [0.2, 0.25) is 10.0 Å². The number of sulfonamides is 1. The number of hydroxylamine groups is 1. The number of hydrogen-bond donors (Lipinski definition) is 3. The first-order chi connectivity index (χ1) is 14.6. The van der Waals surface area contributed by atoms with Crippen molar-refractivity contribution in [3.8, 4) is 11.1 Å². The zero-order chi connectivity index (χ0) is 22.6. The molecule has 3 N–H and O–H groups in total. The second kappa shape index (κ2) is 8.76. The van der Waals surface area contributed by atoms with Crippen LogP contribution in [0.1, 0.15) is 5.56 Å². The smallest absolute Gasteiger partial charge is 0.267 e. The van der Waals surface area contributed by atoms with E-state index in [9.17, 15) is 21.6 Å². The Balaban J connectivity index is 1.84. The Bertz CT molecular complexity index is 1340. The Morgan fingerprint density at radius 1 is 1.00 bits per heavy atom. The average Bonchev–Trinajstić information content (AvgIpc) is 3.21. The lowest BCUT2D eigenvalue weighted by atomic mass is 10.1. The lowest BCUT2D eigenvalue weighted by Crippen LogP contribution is -2.14. The van der Waals surface area contributed by atoms with Crippen molar-refractivity contribution in [2.75, 3.05) is 11.0 Å². The van der Waals surface area contributed by atoms with E-state index in [1.807, 2.05) is 0 Å². The summed E-state index contributed by atoms with van der Waals surface area (Å²) in [6, 6.07) is 14.4. The fourth-order valence-corrected chi connectivity index (χ4v) is 4.53. The molecule has 0 unspecified atom stereocenters. The number of aromatic nitrogens is 1. The summed E-state index contributed by atoms with van der Waals surface area (Å²) in [5.41, 5.74) is 3.73. The van der Waals surface area contributed by atoms with Crippen LogP contribution in [0.25, 0.3) is 17.2 Å². The monoisotopic (exact) mass is 461 g/mol. The number of amides is 1. The Morgan fingerprint density at radius 2 is 1.71 bits per heavy atom. The predicted molar refractivity (Wildman–Crippen MR) is 116 cm³/mol. The van der Waals surface area contributed by atoms with Crippen LogP contribution in [0.3, 0.4) is 0 Å². The highest BCUT2D eigenvalue weighted by atomic mass is 32.2. The molecule has 0 saturated carbocycles. The van der Waals surface area contributed by atoms with Gasteiger partial charge in [0.25, 0.3) is 15.9 Å². The summed E-state index contributed by atoms with van der Waals surface area (Å²) in [5, 5.41) is 8.48. The van der Waals surface area contributed by atoms with E-state index in [1.165, 1.54) is 42.1 Å². The summed E-state index contributed by atoms with van der Waals surface area (Å²) in [4.78, 5) is 11.1. The molecule has 0 atom stereocenters. The van der Waals surface area contributed by atoms with Gasteiger partial charge in [-0.3, -0.25) is 14.7 Å². The van der Waals surface area contributed by atoms with Gasteiger partial charge in [-0.25, -0.2) is 26.3 Å². The van der Waals surface area contributed by atoms with Gasteiger partial charge in [0.05, 0.1) is 11.2 Å². The molecule has 3 rings (SSSR count). The standard InChI is InChI=1S/C20H19N3O6S2/c1-30(26,27)22-18-4-2-3-17(13-18)16-6-8-19(9-7-16)31(28,29)23-12-11-15(14-23)5-10-20(24)21-25/h2-14,22,25H,1H3,(H,21,24). The van der Waals surface area contributed by atoms with Gasteiger partial charge in [0.1, 0.15) is 0 Å². The average molecular weight is 462 g/mol. The van der Waals surface area contributed by atoms with Crippen LogP contribution >= 0.6 is 0 Å². The lowest BCUT2D eigenvalue weighted by Gasteiger charge is -2.09. The lowest BCUT2D eigenvalue weighted by molar-refractivity contribution is -0.124. The molecule has 0 radical (unpaired) electrons. The quantitative estimate of drug-likeness (QED) is 0.281. The highest BCUT2D eigenvalue weighted by molar-refractivity contribution is 7.92. The summed E-state index contributed by atoms with van der Waals surface area (Å²) in [6.45, 7) is 0. The highest BCUT2D eigenvalue weighted by Gasteiger charge is 2.16. The molecule has 0 aliphatic carbocycles. The van der Waals surface area contributed by atoms with E-state index < -0.39 is 26.0 Å². The summed E-state index contributed by atoms with van der Waals surface area (Å²) in [7, 11) is -7.27. The minimum absolute atomic E-state index is 0.0564. The van der Waals surface area contributed by atoms with Crippen molar-refractivity contribution < 1.29 is 26.8 Å². The molecule has 0 aliphatic rings. The Morgan fingerprint density at radius 3 is 2.35 bits per heavy atom. The first kappa shape index (κ1) is 22.3. The molecule has 2 aromatic carbocycles. The van der Waals surface area contributed by atoms with Gasteiger partial charge in [0.15, 0.2) is 0 Å². The molecule has 0 bridgehead atoms. The molecule has 0 aliphatic heterocycles. The molecule has 3 aromatic rings. The normalized spacial score (nSPS) is 12.1. The molecule has 0 fully saturated rings.